The van der Waals surface area contributed by atoms with Crippen LogP contribution in [0.5, 0.6) is 5.75 Å². The molecule has 5 heteroatoms. The van der Waals surface area contributed by atoms with Gasteiger partial charge in [-0.25, -0.2) is 4.79 Å². The second-order valence-corrected chi connectivity index (χ2v) is 3.50. The molecule has 0 aliphatic rings. The van der Waals surface area contributed by atoms with E-state index in [1.54, 1.807) is 31.4 Å². The number of aliphatic carboxylic acids is 1. The number of hydrogen-bond donors (Lipinski definition) is 1. The van der Waals surface area contributed by atoms with E-state index < -0.39 is 11.9 Å². The summed E-state index contributed by atoms with van der Waals surface area (Å²) in [4.78, 5) is 22.0. The highest BCUT2D eigenvalue weighted by molar-refractivity contribution is 5.97. The lowest BCUT2D eigenvalue weighted by atomic mass is 10.1. The molecular weight excluding hydrogens is 236 g/mol. The second kappa shape index (κ2) is 6.44. The summed E-state index contributed by atoms with van der Waals surface area (Å²) in [5, 5.41) is 8.72. The highest BCUT2D eigenvalue weighted by Crippen LogP contribution is 2.16. The SMILES string of the molecule is COC(=O)C(=Cc1ccc(OC)cc1)CC(=O)O. The summed E-state index contributed by atoms with van der Waals surface area (Å²) in [5.41, 5.74) is 0.799. The maximum atomic E-state index is 11.4. The highest BCUT2D eigenvalue weighted by Gasteiger charge is 2.13. The zero-order valence-corrected chi connectivity index (χ0v) is 10.2. The third-order valence-corrected chi connectivity index (χ3v) is 2.25. The fourth-order valence-corrected chi connectivity index (χ4v) is 1.38. The van der Waals surface area contributed by atoms with Crippen LogP contribution in [0.25, 0.3) is 6.08 Å². The van der Waals surface area contributed by atoms with Gasteiger partial charge in [0, 0.05) is 5.57 Å². The van der Waals surface area contributed by atoms with Gasteiger partial charge >= 0.3 is 11.9 Å². The quantitative estimate of drug-likeness (QED) is 0.636. The van der Waals surface area contributed by atoms with Crippen LogP contribution in [0.15, 0.2) is 29.8 Å². The summed E-state index contributed by atoms with van der Waals surface area (Å²) in [7, 11) is 2.77. The van der Waals surface area contributed by atoms with Gasteiger partial charge in [-0.3, -0.25) is 4.79 Å². The molecule has 0 saturated heterocycles. The average molecular weight is 250 g/mol. The number of benzene rings is 1. The molecule has 0 fully saturated rings. The van der Waals surface area contributed by atoms with Crippen LogP contribution in [0.1, 0.15) is 12.0 Å². The monoisotopic (exact) mass is 250 g/mol. The zero-order chi connectivity index (χ0) is 13.5. The van der Waals surface area contributed by atoms with Gasteiger partial charge in [0.1, 0.15) is 5.75 Å². The summed E-state index contributed by atoms with van der Waals surface area (Å²) in [6, 6.07) is 6.90. The normalized spacial score (nSPS) is 10.9. The Morgan fingerprint density at radius 3 is 2.28 bits per heavy atom. The van der Waals surface area contributed by atoms with Crippen LogP contribution in [0.3, 0.4) is 0 Å². The van der Waals surface area contributed by atoms with Gasteiger partial charge < -0.3 is 14.6 Å². The Morgan fingerprint density at radius 2 is 1.83 bits per heavy atom. The van der Waals surface area contributed by atoms with Crippen molar-refractivity contribution < 1.29 is 24.2 Å². The Hall–Kier alpha value is -2.30. The number of hydrogen-bond acceptors (Lipinski definition) is 4. The number of carbonyl (C=O) groups excluding carboxylic acids is 1. The number of carbonyl (C=O) groups is 2. The first-order chi connectivity index (χ1) is 8.56. The number of carboxylic acid groups (broad SMARTS) is 1. The number of esters is 1. The molecule has 0 spiro atoms. The molecule has 5 nitrogen and oxygen atoms in total. The topological polar surface area (TPSA) is 72.8 Å². The van der Waals surface area contributed by atoms with Gasteiger partial charge in [-0.05, 0) is 23.8 Å². The van der Waals surface area contributed by atoms with Gasteiger partial charge in [0.2, 0.25) is 0 Å². The Morgan fingerprint density at radius 1 is 1.22 bits per heavy atom. The lowest BCUT2D eigenvalue weighted by Crippen LogP contribution is -2.09. The third kappa shape index (κ3) is 3.93. The molecule has 96 valence electrons. The summed E-state index contributed by atoms with van der Waals surface area (Å²) in [5.74, 6) is -1.04. The van der Waals surface area contributed by atoms with E-state index in [4.69, 9.17) is 9.84 Å². The van der Waals surface area contributed by atoms with Crippen LogP contribution in [-0.2, 0) is 14.3 Å². The van der Waals surface area contributed by atoms with Crippen LogP contribution in [0.4, 0.5) is 0 Å². The lowest BCUT2D eigenvalue weighted by Gasteiger charge is -2.04. The molecule has 0 bridgehead atoms. The van der Waals surface area contributed by atoms with Crippen LogP contribution in [0, 0.1) is 0 Å². The van der Waals surface area contributed by atoms with Crippen molar-refractivity contribution in [1.82, 2.24) is 0 Å². The van der Waals surface area contributed by atoms with Crippen molar-refractivity contribution in [3.05, 3.63) is 35.4 Å². The average Bonchev–Trinajstić information content (AvgIpc) is 2.37. The molecule has 1 rings (SSSR count). The molecule has 0 amide bonds. The molecule has 0 aromatic heterocycles. The van der Waals surface area contributed by atoms with Crippen molar-refractivity contribution in [3.63, 3.8) is 0 Å². The Balaban J connectivity index is 2.98. The minimum Gasteiger partial charge on any atom is -0.497 e. The van der Waals surface area contributed by atoms with Crippen LogP contribution in [0.2, 0.25) is 0 Å². The predicted octanol–water partition coefficient (Wildman–Crippen LogP) is 1.73. The molecule has 18 heavy (non-hydrogen) atoms. The summed E-state index contributed by atoms with van der Waals surface area (Å²) >= 11 is 0. The molecular formula is C13H14O5. The van der Waals surface area contributed by atoms with Gasteiger partial charge in [-0.1, -0.05) is 12.1 Å². The maximum Gasteiger partial charge on any atom is 0.334 e. The van der Waals surface area contributed by atoms with E-state index in [-0.39, 0.29) is 12.0 Å². The standard InChI is InChI=1S/C13H14O5/c1-17-11-5-3-9(4-6-11)7-10(8-12(14)15)13(16)18-2/h3-7H,8H2,1-2H3,(H,14,15). The molecule has 0 heterocycles. The van der Waals surface area contributed by atoms with Crippen LogP contribution in [-0.4, -0.2) is 31.3 Å². The minimum atomic E-state index is -1.08. The van der Waals surface area contributed by atoms with Gasteiger partial charge in [-0.15, -0.1) is 0 Å². The zero-order valence-electron chi connectivity index (χ0n) is 10.2. The summed E-state index contributed by atoms with van der Waals surface area (Å²) in [6.45, 7) is 0. The van der Waals surface area contributed by atoms with Crippen molar-refractivity contribution in [1.29, 1.82) is 0 Å². The van der Waals surface area contributed by atoms with E-state index >= 15 is 0 Å². The first-order valence-corrected chi connectivity index (χ1v) is 5.21. The van der Waals surface area contributed by atoms with Crippen molar-refractivity contribution in [2.75, 3.05) is 14.2 Å². The van der Waals surface area contributed by atoms with E-state index in [0.717, 1.165) is 0 Å². The Bertz CT molecular complexity index is 459. The largest absolute Gasteiger partial charge is 0.497 e. The molecule has 1 aromatic rings. The Kier molecular flexibility index (Phi) is 4.92. The third-order valence-electron chi connectivity index (χ3n) is 2.25. The number of rotatable bonds is 5. The van der Waals surface area contributed by atoms with E-state index in [1.807, 2.05) is 0 Å². The second-order valence-electron chi connectivity index (χ2n) is 3.50. The van der Waals surface area contributed by atoms with Gasteiger partial charge in [0.25, 0.3) is 0 Å². The fraction of sp³-hybridized carbons (Fsp3) is 0.231. The molecule has 1 aromatic carbocycles. The number of carboxylic acids is 1. The fourth-order valence-electron chi connectivity index (χ4n) is 1.38. The predicted molar refractivity (Wildman–Crippen MR) is 65.2 cm³/mol. The van der Waals surface area contributed by atoms with Gasteiger partial charge in [0.05, 0.1) is 20.6 Å². The van der Waals surface area contributed by atoms with Gasteiger partial charge in [-0.2, -0.15) is 0 Å². The molecule has 0 unspecified atom stereocenters. The molecule has 0 atom stereocenters. The van der Waals surface area contributed by atoms with Crippen molar-refractivity contribution >= 4 is 18.0 Å². The van der Waals surface area contributed by atoms with E-state index in [9.17, 15) is 9.59 Å². The first kappa shape index (κ1) is 13.8. The van der Waals surface area contributed by atoms with Crippen molar-refractivity contribution in [2.24, 2.45) is 0 Å². The number of methoxy groups -OCH3 is 2. The molecule has 0 aliphatic carbocycles. The molecule has 1 N–H and O–H groups in total. The highest BCUT2D eigenvalue weighted by atomic mass is 16.5. The summed E-state index contributed by atoms with van der Waals surface area (Å²) in [6.07, 6.45) is 1.11. The van der Waals surface area contributed by atoms with Crippen molar-refractivity contribution in [2.45, 2.75) is 6.42 Å². The Labute approximate surface area is 105 Å². The van der Waals surface area contributed by atoms with E-state index in [2.05, 4.69) is 4.74 Å². The number of ether oxygens (including phenoxy) is 2. The van der Waals surface area contributed by atoms with E-state index in [1.165, 1.54) is 13.2 Å². The maximum absolute atomic E-state index is 11.4. The lowest BCUT2D eigenvalue weighted by molar-refractivity contribution is -0.141. The van der Waals surface area contributed by atoms with Crippen LogP contribution >= 0.6 is 0 Å². The minimum absolute atomic E-state index is 0.0927. The molecule has 0 aliphatic heterocycles. The van der Waals surface area contributed by atoms with E-state index in [0.29, 0.717) is 11.3 Å². The molecule has 0 radical (unpaired) electrons. The van der Waals surface area contributed by atoms with Crippen LogP contribution < -0.4 is 4.74 Å². The smallest absolute Gasteiger partial charge is 0.334 e. The summed E-state index contributed by atoms with van der Waals surface area (Å²) < 4.78 is 9.54. The van der Waals surface area contributed by atoms with Crippen molar-refractivity contribution in [3.8, 4) is 5.75 Å². The molecule has 0 saturated carbocycles. The van der Waals surface area contributed by atoms with Gasteiger partial charge in [0.15, 0.2) is 0 Å². The first-order valence-electron chi connectivity index (χ1n) is 5.21.